The molecule has 0 radical (unpaired) electrons. The van der Waals surface area contributed by atoms with Gasteiger partial charge >= 0.3 is 0 Å². The number of Topliss-reactive ketones (excluding diaryl/α,β-unsaturated/α-hetero) is 1. The number of nitrogens with zero attached hydrogens (tertiary/aromatic N) is 4. The molecular formula is C20H30N4O4S. The minimum absolute atomic E-state index is 0.00468. The summed E-state index contributed by atoms with van der Waals surface area (Å²) in [5, 5.41) is 4.06. The van der Waals surface area contributed by atoms with Crippen LogP contribution < -0.4 is 0 Å². The minimum atomic E-state index is -3.68. The number of aromatic nitrogens is 2. The number of hydrogen-bond donors (Lipinski definition) is 0. The minimum Gasteiger partial charge on any atom is -0.338 e. The van der Waals surface area contributed by atoms with Gasteiger partial charge in [0.05, 0.1) is 17.8 Å². The van der Waals surface area contributed by atoms with E-state index >= 15 is 0 Å². The highest BCUT2D eigenvalue weighted by atomic mass is 32.2. The Kier molecular flexibility index (Phi) is 5.54. The van der Waals surface area contributed by atoms with Crippen molar-refractivity contribution in [3.63, 3.8) is 0 Å². The summed E-state index contributed by atoms with van der Waals surface area (Å²) in [4.78, 5) is 27.8. The van der Waals surface area contributed by atoms with E-state index in [1.807, 2.05) is 4.90 Å². The van der Waals surface area contributed by atoms with E-state index in [-0.39, 0.29) is 35.2 Å². The predicted molar refractivity (Wildman–Crippen MR) is 107 cm³/mol. The predicted octanol–water partition coefficient (Wildman–Crippen LogP) is 1.49. The zero-order valence-corrected chi connectivity index (χ0v) is 18.0. The number of ketones is 1. The second-order valence-corrected chi connectivity index (χ2v) is 10.5. The van der Waals surface area contributed by atoms with E-state index in [0.717, 1.165) is 25.7 Å². The summed E-state index contributed by atoms with van der Waals surface area (Å²) in [6, 6.07) is 0.00468. The molecule has 3 atom stereocenters. The quantitative estimate of drug-likeness (QED) is 0.736. The normalized spacial score (nSPS) is 29.0. The third-order valence-corrected chi connectivity index (χ3v) is 8.94. The molecule has 29 heavy (non-hydrogen) atoms. The number of hydrogen-bond acceptors (Lipinski definition) is 5. The number of carbonyl (C=O) groups excluding carboxylic acids is 2. The Balaban J connectivity index is 1.51. The monoisotopic (exact) mass is 422 g/mol. The first kappa shape index (κ1) is 20.5. The van der Waals surface area contributed by atoms with Crippen molar-refractivity contribution in [3.8, 4) is 0 Å². The SMILES string of the molecule is Cc1c(S(=O)(=O)N2CCCC(C(=O)N3CCC(=O)C4CCCCC43)C2)cnn1C. The van der Waals surface area contributed by atoms with Gasteiger partial charge in [0.15, 0.2) is 0 Å². The molecule has 8 nitrogen and oxygen atoms in total. The molecule has 0 aromatic carbocycles. The first-order valence-corrected chi connectivity index (χ1v) is 12.1. The molecule has 3 heterocycles. The van der Waals surface area contributed by atoms with Crippen LogP contribution in [0.4, 0.5) is 0 Å². The Morgan fingerprint density at radius 2 is 1.90 bits per heavy atom. The highest BCUT2D eigenvalue weighted by molar-refractivity contribution is 7.89. The fourth-order valence-corrected chi connectivity index (χ4v) is 6.89. The van der Waals surface area contributed by atoms with E-state index in [9.17, 15) is 18.0 Å². The van der Waals surface area contributed by atoms with Crippen LogP contribution in [0.5, 0.6) is 0 Å². The molecular weight excluding hydrogens is 392 g/mol. The van der Waals surface area contributed by atoms with E-state index in [2.05, 4.69) is 5.10 Å². The highest BCUT2D eigenvalue weighted by Crippen LogP contribution is 2.35. The first-order chi connectivity index (χ1) is 13.8. The van der Waals surface area contributed by atoms with Gasteiger partial charge in [-0.1, -0.05) is 12.8 Å². The molecule has 3 fully saturated rings. The molecule has 0 N–H and O–H groups in total. The third-order valence-electron chi connectivity index (χ3n) is 6.97. The van der Waals surface area contributed by atoms with Gasteiger partial charge in [-0.15, -0.1) is 0 Å². The summed E-state index contributed by atoms with van der Waals surface area (Å²) < 4.78 is 29.3. The van der Waals surface area contributed by atoms with Gasteiger partial charge in [0.25, 0.3) is 0 Å². The Bertz CT molecular complexity index is 910. The molecule has 1 aromatic rings. The van der Waals surface area contributed by atoms with Crippen molar-refractivity contribution < 1.29 is 18.0 Å². The fraction of sp³-hybridized carbons (Fsp3) is 0.750. The molecule has 1 amide bonds. The first-order valence-electron chi connectivity index (χ1n) is 10.6. The molecule has 4 rings (SSSR count). The van der Waals surface area contributed by atoms with E-state index in [4.69, 9.17) is 0 Å². The van der Waals surface area contributed by atoms with Gasteiger partial charge in [0, 0.05) is 45.1 Å². The molecule has 3 unspecified atom stereocenters. The molecule has 2 saturated heterocycles. The molecule has 1 aromatic heterocycles. The van der Waals surface area contributed by atoms with Gasteiger partial charge in [0.2, 0.25) is 15.9 Å². The standard InChI is InChI=1S/C20H30N4O4S/c1-14-19(12-21-22(14)2)29(27,28)23-10-5-6-15(13-23)20(26)24-11-9-18(25)16-7-3-4-8-17(16)24/h12,15-17H,3-11,13H2,1-2H3. The molecule has 0 bridgehead atoms. The van der Waals surface area contributed by atoms with Crippen LogP contribution in [0.1, 0.15) is 50.6 Å². The summed E-state index contributed by atoms with van der Waals surface area (Å²) in [5.41, 5.74) is 0.595. The number of carbonyl (C=O) groups is 2. The van der Waals surface area contributed by atoms with Crippen molar-refractivity contribution in [1.29, 1.82) is 0 Å². The maximum atomic E-state index is 13.4. The van der Waals surface area contributed by atoms with Gasteiger partial charge in [0.1, 0.15) is 10.7 Å². The number of piperidine rings is 2. The lowest BCUT2D eigenvalue weighted by molar-refractivity contribution is -0.147. The summed E-state index contributed by atoms with van der Waals surface area (Å²) in [6.45, 7) is 2.84. The van der Waals surface area contributed by atoms with Crippen LogP contribution in [-0.4, -0.2) is 64.8 Å². The topological polar surface area (TPSA) is 92.6 Å². The molecule has 1 saturated carbocycles. The summed E-state index contributed by atoms with van der Waals surface area (Å²) in [5.74, 6) is -0.0509. The lowest BCUT2D eigenvalue weighted by atomic mass is 9.77. The van der Waals surface area contributed by atoms with E-state index in [0.29, 0.717) is 43.8 Å². The zero-order chi connectivity index (χ0) is 20.8. The smallest absolute Gasteiger partial charge is 0.246 e. The molecule has 3 aliphatic rings. The maximum Gasteiger partial charge on any atom is 0.246 e. The number of amides is 1. The van der Waals surface area contributed by atoms with Crippen molar-refractivity contribution in [2.45, 2.75) is 62.8 Å². The highest BCUT2D eigenvalue weighted by Gasteiger charge is 2.43. The van der Waals surface area contributed by atoms with Crippen molar-refractivity contribution in [1.82, 2.24) is 19.0 Å². The number of rotatable bonds is 3. The van der Waals surface area contributed by atoms with E-state index in [1.54, 1.807) is 18.7 Å². The van der Waals surface area contributed by atoms with Crippen LogP contribution in [0, 0.1) is 18.8 Å². The number of likely N-dealkylation sites (tertiary alicyclic amines) is 1. The fourth-order valence-electron chi connectivity index (χ4n) is 5.18. The molecule has 9 heteroatoms. The molecule has 160 valence electrons. The Labute approximate surface area is 172 Å². The lowest BCUT2D eigenvalue weighted by Crippen LogP contribution is -2.56. The van der Waals surface area contributed by atoms with Crippen molar-refractivity contribution in [2.75, 3.05) is 19.6 Å². The largest absolute Gasteiger partial charge is 0.338 e. The average molecular weight is 423 g/mol. The van der Waals surface area contributed by atoms with Crippen molar-refractivity contribution in [3.05, 3.63) is 11.9 Å². The van der Waals surface area contributed by atoms with E-state index in [1.165, 1.54) is 10.5 Å². The molecule has 2 aliphatic heterocycles. The van der Waals surface area contributed by atoms with Crippen LogP contribution in [0.2, 0.25) is 0 Å². The molecule has 1 aliphatic carbocycles. The third kappa shape index (κ3) is 3.63. The maximum absolute atomic E-state index is 13.4. The summed E-state index contributed by atoms with van der Waals surface area (Å²) >= 11 is 0. The second-order valence-electron chi connectivity index (χ2n) is 8.63. The average Bonchev–Trinajstić information content (AvgIpc) is 3.07. The van der Waals surface area contributed by atoms with Crippen LogP contribution in [0.25, 0.3) is 0 Å². The van der Waals surface area contributed by atoms with Gasteiger partial charge in [-0.05, 0) is 32.6 Å². The summed E-state index contributed by atoms with van der Waals surface area (Å²) in [6.07, 6.45) is 7.02. The number of fused-ring (bicyclic) bond motifs is 1. The van der Waals surface area contributed by atoms with Gasteiger partial charge < -0.3 is 4.90 Å². The van der Waals surface area contributed by atoms with Gasteiger partial charge in [-0.25, -0.2) is 8.42 Å². The van der Waals surface area contributed by atoms with Crippen LogP contribution >= 0.6 is 0 Å². The van der Waals surface area contributed by atoms with Crippen LogP contribution in [0.3, 0.4) is 0 Å². The van der Waals surface area contributed by atoms with Gasteiger partial charge in [-0.3, -0.25) is 14.3 Å². The van der Waals surface area contributed by atoms with Crippen molar-refractivity contribution >= 4 is 21.7 Å². The van der Waals surface area contributed by atoms with E-state index < -0.39 is 10.0 Å². The number of sulfonamides is 1. The van der Waals surface area contributed by atoms with Crippen LogP contribution in [0.15, 0.2) is 11.1 Å². The Morgan fingerprint density at radius 3 is 2.62 bits per heavy atom. The summed E-state index contributed by atoms with van der Waals surface area (Å²) in [7, 11) is -1.96. The Hall–Kier alpha value is -1.74. The Morgan fingerprint density at radius 1 is 1.14 bits per heavy atom. The zero-order valence-electron chi connectivity index (χ0n) is 17.2. The van der Waals surface area contributed by atoms with Crippen molar-refractivity contribution in [2.24, 2.45) is 18.9 Å². The molecule has 0 spiro atoms. The second kappa shape index (κ2) is 7.83. The van der Waals surface area contributed by atoms with Crippen LogP contribution in [-0.2, 0) is 26.7 Å². The lowest BCUT2D eigenvalue weighted by Gasteiger charge is -2.45. The van der Waals surface area contributed by atoms with Gasteiger partial charge in [-0.2, -0.15) is 9.40 Å². The number of aryl methyl sites for hydroxylation is 1.